The molecule has 7 nitrogen and oxygen atoms in total. The Morgan fingerprint density at radius 3 is 2.29 bits per heavy atom. The number of carbonyl (C=O) groups excluding carboxylic acids is 2. The monoisotopic (exact) mass is 525 g/mol. The number of benzene rings is 2. The third-order valence-electron chi connectivity index (χ3n) is 5.73. The minimum atomic E-state index is -3.64. The fourth-order valence-corrected chi connectivity index (χ4v) is 4.63. The normalized spacial score (nSPS) is 13.1. The van der Waals surface area contributed by atoms with Crippen molar-refractivity contribution in [3.8, 4) is 0 Å². The predicted octanol–water partition coefficient (Wildman–Crippen LogP) is 4.36. The Kier molecular flexibility index (Phi) is 10.5. The fraction of sp³-hybridized carbons (Fsp3) is 0.440. The van der Waals surface area contributed by atoms with Crippen molar-refractivity contribution >= 4 is 39.1 Å². The maximum absolute atomic E-state index is 13.3. The minimum absolute atomic E-state index is 0.0125. The third kappa shape index (κ3) is 8.50. The van der Waals surface area contributed by atoms with Gasteiger partial charge in [0.2, 0.25) is 21.8 Å². The zero-order chi connectivity index (χ0) is 26.2. The molecular formula is C25H33ClFN3O4S. The molecule has 192 valence electrons. The Hall–Kier alpha value is -2.65. The van der Waals surface area contributed by atoms with Gasteiger partial charge in [-0.25, -0.2) is 12.8 Å². The molecule has 1 N–H and O–H groups in total. The van der Waals surface area contributed by atoms with E-state index in [1.807, 2.05) is 13.8 Å². The molecule has 0 spiro atoms. The van der Waals surface area contributed by atoms with Gasteiger partial charge in [-0.1, -0.05) is 36.7 Å². The van der Waals surface area contributed by atoms with Crippen LogP contribution in [0, 0.1) is 5.82 Å². The number of nitrogens with one attached hydrogen (secondary N) is 1. The zero-order valence-corrected chi connectivity index (χ0v) is 22.1. The van der Waals surface area contributed by atoms with Gasteiger partial charge in [-0.05, 0) is 62.6 Å². The molecule has 0 saturated heterocycles. The van der Waals surface area contributed by atoms with Gasteiger partial charge in [0.05, 0.1) is 11.9 Å². The summed E-state index contributed by atoms with van der Waals surface area (Å²) >= 11 is 6.30. The topological polar surface area (TPSA) is 86.8 Å². The highest BCUT2D eigenvalue weighted by atomic mass is 35.5. The summed E-state index contributed by atoms with van der Waals surface area (Å²) in [6.07, 6.45) is 2.03. The smallest absolute Gasteiger partial charge is 0.242 e. The molecule has 2 atom stereocenters. The van der Waals surface area contributed by atoms with Crippen LogP contribution in [-0.2, 0) is 26.2 Å². The molecule has 0 unspecified atom stereocenters. The van der Waals surface area contributed by atoms with Crippen LogP contribution in [0.2, 0.25) is 5.02 Å². The van der Waals surface area contributed by atoms with Crippen LogP contribution in [0.4, 0.5) is 10.1 Å². The largest absolute Gasteiger partial charge is 0.352 e. The lowest BCUT2D eigenvalue weighted by Crippen LogP contribution is -2.49. The summed E-state index contributed by atoms with van der Waals surface area (Å²) in [5, 5.41) is 3.39. The van der Waals surface area contributed by atoms with Gasteiger partial charge < -0.3 is 10.2 Å². The van der Waals surface area contributed by atoms with Gasteiger partial charge in [0.1, 0.15) is 11.9 Å². The number of hydrogen-bond donors (Lipinski definition) is 1. The van der Waals surface area contributed by atoms with Crippen molar-refractivity contribution in [2.45, 2.75) is 58.7 Å². The molecule has 0 aliphatic carbocycles. The van der Waals surface area contributed by atoms with Crippen LogP contribution >= 0.6 is 11.6 Å². The van der Waals surface area contributed by atoms with Crippen molar-refractivity contribution in [3.63, 3.8) is 0 Å². The maximum atomic E-state index is 13.3. The first-order chi connectivity index (χ1) is 16.4. The lowest BCUT2D eigenvalue weighted by molar-refractivity contribution is -0.140. The van der Waals surface area contributed by atoms with E-state index in [9.17, 15) is 22.4 Å². The summed E-state index contributed by atoms with van der Waals surface area (Å²) in [7, 11) is -3.64. The Morgan fingerprint density at radius 1 is 1.09 bits per heavy atom. The Labute approximate surface area is 212 Å². The highest BCUT2D eigenvalue weighted by Gasteiger charge is 2.27. The molecule has 2 rings (SSSR count). The molecule has 2 aromatic carbocycles. The second-order valence-electron chi connectivity index (χ2n) is 8.52. The highest BCUT2D eigenvalue weighted by molar-refractivity contribution is 7.92. The Balaban J connectivity index is 2.18. The first-order valence-electron chi connectivity index (χ1n) is 11.5. The number of halogens is 2. The van der Waals surface area contributed by atoms with Crippen LogP contribution < -0.4 is 9.62 Å². The SMILES string of the molecule is CC[C@H](C)NC(=O)[C@H](C)N(Cc1ccccc1Cl)C(=O)CCCN(c1ccc(F)cc1)S(C)(=O)=O. The standard InChI is InChI=1S/C25H33ClFN3O4S/c1-5-18(2)28-25(32)19(3)29(17-20-9-6-7-10-23(20)26)24(31)11-8-16-30(35(4,33)34)22-14-12-21(27)13-15-22/h6-7,9-10,12-15,18-19H,5,8,11,16-17H2,1-4H3,(H,28,32)/t18-,19-/m0/s1. The van der Waals surface area contributed by atoms with E-state index in [-0.39, 0.29) is 43.8 Å². The van der Waals surface area contributed by atoms with Crippen molar-refractivity contribution in [1.82, 2.24) is 10.2 Å². The van der Waals surface area contributed by atoms with E-state index in [1.165, 1.54) is 29.2 Å². The van der Waals surface area contributed by atoms with E-state index in [4.69, 9.17) is 11.6 Å². The molecule has 0 aliphatic rings. The molecular weight excluding hydrogens is 493 g/mol. The van der Waals surface area contributed by atoms with Crippen molar-refractivity contribution < 1.29 is 22.4 Å². The van der Waals surface area contributed by atoms with Crippen LogP contribution in [0.15, 0.2) is 48.5 Å². The lowest BCUT2D eigenvalue weighted by atomic mass is 10.1. The van der Waals surface area contributed by atoms with Crippen LogP contribution in [0.3, 0.4) is 0 Å². The number of hydrogen-bond acceptors (Lipinski definition) is 4. The molecule has 35 heavy (non-hydrogen) atoms. The average molecular weight is 526 g/mol. The molecule has 0 radical (unpaired) electrons. The zero-order valence-electron chi connectivity index (χ0n) is 20.5. The van der Waals surface area contributed by atoms with Crippen molar-refractivity contribution in [2.75, 3.05) is 17.1 Å². The van der Waals surface area contributed by atoms with Crippen LogP contribution in [0.25, 0.3) is 0 Å². The van der Waals surface area contributed by atoms with Gasteiger partial charge in [-0.15, -0.1) is 0 Å². The van der Waals surface area contributed by atoms with Crippen LogP contribution in [-0.4, -0.2) is 50.0 Å². The molecule has 0 aliphatic heterocycles. The van der Waals surface area contributed by atoms with Crippen LogP contribution in [0.5, 0.6) is 0 Å². The molecule has 0 heterocycles. The van der Waals surface area contributed by atoms with E-state index in [2.05, 4.69) is 5.32 Å². The molecule has 0 aromatic heterocycles. The molecule has 0 bridgehead atoms. The first kappa shape index (κ1) is 28.6. The summed E-state index contributed by atoms with van der Waals surface area (Å²) < 4.78 is 39.0. The Morgan fingerprint density at radius 2 is 1.71 bits per heavy atom. The summed E-state index contributed by atoms with van der Waals surface area (Å²) in [4.78, 5) is 27.5. The number of sulfonamides is 1. The van der Waals surface area contributed by atoms with E-state index >= 15 is 0 Å². The summed E-state index contributed by atoms with van der Waals surface area (Å²) in [6, 6.07) is 11.4. The van der Waals surface area contributed by atoms with E-state index in [1.54, 1.807) is 31.2 Å². The van der Waals surface area contributed by atoms with E-state index < -0.39 is 21.9 Å². The van der Waals surface area contributed by atoms with Crippen molar-refractivity contribution in [3.05, 3.63) is 64.9 Å². The van der Waals surface area contributed by atoms with Crippen molar-refractivity contribution in [2.24, 2.45) is 0 Å². The summed E-state index contributed by atoms with van der Waals surface area (Å²) in [6.45, 7) is 5.68. The van der Waals surface area contributed by atoms with E-state index in [0.717, 1.165) is 17.0 Å². The second kappa shape index (κ2) is 12.9. The molecule has 10 heteroatoms. The summed E-state index contributed by atoms with van der Waals surface area (Å²) in [5.74, 6) is -1.05. The maximum Gasteiger partial charge on any atom is 0.242 e. The van der Waals surface area contributed by atoms with Gasteiger partial charge >= 0.3 is 0 Å². The van der Waals surface area contributed by atoms with Crippen molar-refractivity contribution in [1.29, 1.82) is 0 Å². The molecule has 2 amide bonds. The Bertz CT molecular complexity index is 1110. The predicted molar refractivity (Wildman–Crippen MR) is 137 cm³/mol. The van der Waals surface area contributed by atoms with Gasteiger partial charge in [-0.2, -0.15) is 0 Å². The van der Waals surface area contributed by atoms with Gasteiger partial charge in [0.15, 0.2) is 0 Å². The number of carbonyl (C=O) groups is 2. The van der Waals surface area contributed by atoms with Gasteiger partial charge in [0.25, 0.3) is 0 Å². The van der Waals surface area contributed by atoms with E-state index in [0.29, 0.717) is 16.3 Å². The van der Waals surface area contributed by atoms with Crippen LogP contribution in [0.1, 0.15) is 45.6 Å². The molecule has 0 fully saturated rings. The molecule has 0 saturated carbocycles. The lowest BCUT2D eigenvalue weighted by Gasteiger charge is -2.30. The quantitative estimate of drug-likeness (QED) is 0.446. The number of anilines is 1. The number of amides is 2. The number of nitrogens with zero attached hydrogens (tertiary/aromatic N) is 2. The fourth-order valence-electron chi connectivity index (χ4n) is 3.47. The highest BCUT2D eigenvalue weighted by Crippen LogP contribution is 2.21. The second-order valence-corrected chi connectivity index (χ2v) is 10.8. The minimum Gasteiger partial charge on any atom is -0.352 e. The molecule has 2 aromatic rings. The summed E-state index contributed by atoms with van der Waals surface area (Å²) in [5.41, 5.74) is 1.02. The first-order valence-corrected chi connectivity index (χ1v) is 13.7. The number of rotatable bonds is 12. The average Bonchev–Trinajstić information content (AvgIpc) is 2.80. The van der Waals surface area contributed by atoms with Gasteiger partial charge in [-0.3, -0.25) is 13.9 Å². The van der Waals surface area contributed by atoms with Gasteiger partial charge in [0, 0.05) is 30.6 Å². The third-order valence-corrected chi connectivity index (χ3v) is 7.30.